The van der Waals surface area contributed by atoms with Crippen molar-refractivity contribution in [2.45, 2.75) is 23.2 Å². The SMILES string of the molecule is [C-]#[N+]c1c(N)nc(SCc2csc(-c3ccc(Cl)cc3)n2)c(C#N)c1-c1ccc(OCCOC(=O)[C@@H](N)Cc2cnc[nH]2)cc1. The van der Waals surface area contributed by atoms with E-state index < -0.39 is 12.0 Å². The number of rotatable bonds is 12. The Hall–Kier alpha value is -4.92. The zero-order chi connectivity index (χ0) is 31.8. The number of imidazole rings is 1. The van der Waals surface area contributed by atoms with Crippen LogP contribution in [0.3, 0.4) is 0 Å². The minimum atomic E-state index is -0.820. The standard InChI is InChI=1S/C31H25ClN8O3S2/c1-36-27-26(18-4-8-23(9-5-18)42-10-11-43-31(41)25(34)12-21-14-37-17-38-21)24(13-33)30(40-28(27)35)45-16-22-15-44-29(39-22)19-2-6-20(32)7-3-19/h2-9,14-15,17,25H,10-12,16,34H2,(H2,35,40)(H,37,38)/t25-/m0/s1. The fourth-order valence-electron chi connectivity index (χ4n) is 4.26. The number of hydrogen-bond donors (Lipinski definition) is 3. The molecule has 5 N–H and O–H groups in total. The van der Waals surface area contributed by atoms with Crippen molar-refractivity contribution in [3.63, 3.8) is 0 Å². The smallest absolute Gasteiger partial charge is 0.323 e. The molecule has 5 rings (SSSR count). The van der Waals surface area contributed by atoms with Crippen molar-refractivity contribution < 1.29 is 14.3 Å². The molecule has 11 nitrogen and oxygen atoms in total. The number of aromatic nitrogens is 4. The van der Waals surface area contributed by atoms with Crippen LogP contribution in [-0.4, -0.2) is 45.2 Å². The number of aromatic amines is 1. The third-order valence-electron chi connectivity index (χ3n) is 6.43. The molecular weight excluding hydrogens is 632 g/mol. The third kappa shape index (κ3) is 7.78. The van der Waals surface area contributed by atoms with Crippen LogP contribution in [0.1, 0.15) is 17.0 Å². The van der Waals surface area contributed by atoms with Crippen LogP contribution in [0.15, 0.2) is 71.5 Å². The number of nitrogens with one attached hydrogen (secondary N) is 1. The summed E-state index contributed by atoms with van der Waals surface area (Å²) in [6.45, 7) is 7.84. The molecule has 0 amide bonds. The van der Waals surface area contributed by atoms with E-state index in [-0.39, 0.29) is 36.7 Å². The zero-order valence-corrected chi connectivity index (χ0v) is 26.0. The summed E-state index contributed by atoms with van der Waals surface area (Å²) in [5, 5.41) is 14.0. The third-order valence-corrected chi connectivity index (χ3v) is 8.63. The number of H-pyrrole nitrogens is 1. The molecule has 2 aromatic carbocycles. The van der Waals surface area contributed by atoms with E-state index >= 15 is 0 Å². The minimum Gasteiger partial charge on any atom is -0.490 e. The molecule has 226 valence electrons. The van der Waals surface area contributed by atoms with E-state index in [1.165, 1.54) is 29.4 Å². The minimum absolute atomic E-state index is 0.0133. The number of pyridine rings is 1. The van der Waals surface area contributed by atoms with Crippen molar-refractivity contribution in [3.8, 4) is 33.5 Å². The molecule has 0 bridgehead atoms. The summed E-state index contributed by atoms with van der Waals surface area (Å²) in [6.07, 6.45) is 3.40. The number of nitrogen functional groups attached to an aromatic ring is 1. The maximum absolute atomic E-state index is 12.1. The fourth-order valence-corrected chi connectivity index (χ4v) is 6.20. The molecule has 0 aliphatic heterocycles. The van der Waals surface area contributed by atoms with Gasteiger partial charge < -0.3 is 25.9 Å². The Bertz CT molecular complexity index is 1870. The van der Waals surface area contributed by atoms with Crippen molar-refractivity contribution in [2.75, 3.05) is 18.9 Å². The van der Waals surface area contributed by atoms with Crippen LogP contribution in [-0.2, 0) is 21.7 Å². The lowest BCUT2D eigenvalue weighted by molar-refractivity contribution is -0.145. The number of ether oxygens (including phenoxy) is 2. The number of nitrogens with two attached hydrogens (primary N) is 2. The van der Waals surface area contributed by atoms with Gasteiger partial charge in [-0.15, -0.1) is 11.3 Å². The van der Waals surface area contributed by atoms with Crippen molar-refractivity contribution >= 4 is 52.2 Å². The van der Waals surface area contributed by atoms with E-state index in [1.54, 1.807) is 30.5 Å². The Balaban J connectivity index is 1.24. The predicted molar refractivity (Wildman–Crippen MR) is 174 cm³/mol. The molecule has 45 heavy (non-hydrogen) atoms. The second-order valence-corrected chi connectivity index (χ2v) is 11.8. The van der Waals surface area contributed by atoms with E-state index in [4.69, 9.17) is 44.1 Å². The highest BCUT2D eigenvalue weighted by atomic mass is 35.5. The van der Waals surface area contributed by atoms with Gasteiger partial charge in [0, 0.05) is 45.6 Å². The van der Waals surface area contributed by atoms with Gasteiger partial charge in [0.05, 0.1) is 24.2 Å². The summed E-state index contributed by atoms with van der Waals surface area (Å²) >= 11 is 8.84. The fraction of sp³-hybridized carbons (Fsp3) is 0.161. The highest BCUT2D eigenvalue weighted by Crippen LogP contribution is 2.42. The summed E-state index contributed by atoms with van der Waals surface area (Å²) < 4.78 is 10.9. The van der Waals surface area contributed by atoms with E-state index in [1.807, 2.05) is 29.6 Å². The van der Waals surface area contributed by atoms with Gasteiger partial charge in [-0.2, -0.15) is 5.26 Å². The Labute approximate surface area is 272 Å². The average molecular weight is 657 g/mol. The normalized spacial score (nSPS) is 11.4. The van der Waals surface area contributed by atoms with Crippen LogP contribution >= 0.6 is 34.7 Å². The van der Waals surface area contributed by atoms with Crippen LogP contribution in [0.4, 0.5) is 11.5 Å². The molecule has 1 atom stereocenters. The second kappa shape index (κ2) is 14.7. The molecule has 0 spiro atoms. The Morgan fingerprint density at radius 1 is 1.16 bits per heavy atom. The molecule has 0 saturated heterocycles. The molecule has 5 aromatic rings. The molecule has 3 aromatic heterocycles. The number of anilines is 1. The highest BCUT2D eigenvalue weighted by Gasteiger charge is 2.21. The Morgan fingerprint density at radius 2 is 1.91 bits per heavy atom. The summed E-state index contributed by atoms with van der Waals surface area (Å²) in [7, 11) is 0. The largest absolute Gasteiger partial charge is 0.490 e. The first-order valence-corrected chi connectivity index (χ1v) is 15.7. The molecule has 14 heteroatoms. The summed E-state index contributed by atoms with van der Waals surface area (Å²) in [4.78, 5) is 31.6. The number of benzene rings is 2. The molecule has 0 unspecified atom stereocenters. The van der Waals surface area contributed by atoms with Gasteiger partial charge in [0.15, 0.2) is 0 Å². The number of nitriles is 1. The van der Waals surface area contributed by atoms with Gasteiger partial charge in [-0.3, -0.25) is 4.79 Å². The van der Waals surface area contributed by atoms with Crippen LogP contribution in [0.25, 0.3) is 26.5 Å². The lowest BCUT2D eigenvalue weighted by Crippen LogP contribution is -2.35. The zero-order valence-electron chi connectivity index (χ0n) is 23.6. The maximum Gasteiger partial charge on any atom is 0.323 e. The molecule has 0 aliphatic rings. The van der Waals surface area contributed by atoms with Gasteiger partial charge in [-0.05, 0) is 29.8 Å². The molecule has 0 aliphatic carbocycles. The van der Waals surface area contributed by atoms with Crippen LogP contribution in [0.5, 0.6) is 5.75 Å². The van der Waals surface area contributed by atoms with Gasteiger partial charge in [-0.1, -0.05) is 47.6 Å². The van der Waals surface area contributed by atoms with Crippen molar-refractivity contribution in [3.05, 3.63) is 99.8 Å². The summed E-state index contributed by atoms with van der Waals surface area (Å²) in [5.74, 6) is 0.457. The lowest BCUT2D eigenvalue weighted by Gasteiger charge is -2.14. The van der Waals surface area contributed by atoms with Gasteiger partial charge in [-0.25, -0.2) is 19.8 Å². The monoisotopic (exact) mass is 656 g/mol. The van der Waals surface area contributed by atoms with Crippen molar-refractivity contribution in [1.82, 2.24) is 19.9 Å². The van der Waals surface area contributed by atoms with Crippen LogP contribution in [0.2, 0.25) is 5.02 Å². The number of carbonyl (C=O) groups is 1. The lowest BCUT2D eigenvalue weighted by atomic mass is 10.00. The molecular formula is C31H25ClN8O3S2. The number of nitrogens with zero attached hydrogens (tertiary/aromatic N) is 5. The molecule has 0 saturated carbocycles. The van der Waals surface area contributed by atoms with E-state index in [0.717, 1.165) is 22.0 Å². The molecule has 3 heterocycles. The number of thioether (sulfide) groups is 1. The number of hydrogen-bond acceptors (Lipinski definition) is 11. The summed E-state index contributed by atoms with van der Waals surface area (Å²) in [5.41, 5.74) is 16.0. The van der Waals surface area contributed by atoms with Crippen molar-refractivity contribution in [1.29, 1.82) is 5.26 Å². The molecule has 0 fully saturated rings. The Morgan fingerprint density at radius 3 is 2.60 bits per heavy atom. The number of thiazole rings is 1. The second-order valence-electron chi connectivity index (χ2n) is 9.49. The highest BCUT2D eigenvalue weighted by molar-refractivity contribution is 7.98. The topological polar surface area (TPSA) is 170 Å². The quantitative estimate of drug-likeness (QED) is 0.0623. The number of esters is 1. The maximum atomic E-state index is 12.1. The Kier molecular flexibility index (Phi) is 10.3. The van der Waals surface area contributed by atoms with Gasteiger partial charge in [0.2, 0.25) is 5.69 Å². The first kappa shape index (κ1) is 31.5. The number of carbonyl (C=O) groups excluding carboxylic acids is 1. The average Bonchev–Trinajstić information content (AvgIpc) is 3.75. The van der Waals surface area contributed by atoms with Crippen molar-refractivity contribution in [2.24, 2.45) is 5.73 Å². The number of halogens is 1. The molecule has 0 radical (unpaired) electrons. The first-order valence-electron chi connectivity index (χ1n) is 13.4. The van der Waals surface area contributed by atoms with Gasteiger partial charge in [0.25, 0.3) is 0 Å². The van der Waals surface area contributed by atoms with Crippen LogP contribution in [0, 0.1) is 17.9 Å². The van der Waals surface area contributed by atoms with Crippen LogP contribution < -0.4 is 16.2 Å². The van der Waals surface area contributed by atoms with Gasteiger partial charge in [0.1, 0.15) is 46.9 Å². The summed E-state index contributed by atoms with van der Waals surface area (Å²) in [6, 6.07) is 15.7. The van der Waals surface area contributed by atoms with E-state index in [0.29, 0.717) is 32.7 Å². The first-order chi connectivity index (χ1) is 21.9. The van der Waals surface area contributed by atoms with E-state index in [2.05, 4.69) is 25.9 Å². The van der Waals surface area contributed by atoms with Gasteiger partial charge >= 0.3 is 5.97 Å². The predicted octanol–water partition coefficient (Wildman–Crippen LogP) is 6.04. The van der Waals surface area contributed by atoms with E-state index in [9.17, 15) is 10.1 Å².